The van der Waals surface area contributed by atoms with Gasteiger partial charge in [-0.3, -0.25) is 4.79 Å². The summed E-state index contributed by atoms with van der Waals surface area (Å²) in [7, 11) is 0. The van der Waals surface area contributed by atoms with Crippen molar-refractivity contribution in [1.82, 2.24) is 4.90 Å². The van der Waals surface area contributed by atoms with Gasteiger partial charge in [0, 0.05) is 24.2 Å². The Kier molecular flexibility index (Phi) is 5.71. The van der Waals surface area contributed by atoms with Crippen LogP contribution < -0.4 is 9.47 Å². The quantitative estimate of drug-likeness (QED) is 0.715. The minimum atomic E-state index is -0.647. The van der Waals surface area contributed by atoms with E-state index in [9.17, 15) is 13.6 Å². The minimum Gasteiger partial charge on any atom is -0.490 e. The monoisotopic (exact) mass is 361 g/mol. The number of nitrogens with zero attached hydrogens (tertiary/aromatic N) is 1. The van der Waals surface area contributed by atoms with Crippen molar-refractivity contribution in [2.24, 2.45) is 0 Å². The lowest BCUT2D eigenvalue weighted by atomic mass is 10.2. The molecular weight excluding hydrogens is 340 g/mol. The number of halogens is 2. The Morgan fingerprint density at radius 2 is 1.81 bits per heavy atom. The molecule has 0 bridgehead atoms. The predicted octanol–water partition coefficient (Wildman–Crippen LogP) is 3.93. The summed E-state index contributed by atoms with van der Waals surface area (Å²) in [6.07, 6.45) is 1.76. The van der Waals surface area contributed by atoms with Gasteiger partial charge in [0.2, 0.25) is 0 Å². The van der Waals surface area contributed by atoms with Gasteiger partial charge < -0.3 is 14.4 Å². The Balaban J connectivity index is 1.66. The van der Waals surface area contributed by atoms with Gasteiger partial charge in [-0.1, -0.05) is 18.2 Å². The van der Waals surface area contributed by atoms with Crippen LogP contribution in [0.4, 0.5) is 8.78 Å². The van der Waals surface area contributed by atoms with Crippen LogP contribution in [0.3, 0.4) is 0 Å². The van der Waals surface area contributed by atoms with Crippen molar-refractivity contribution < 1.29 is 23.0 Å². The van der Waals surface area contributed by atoms with Crippen molar-refractivity contribution in [3.05, 3.63) is 59.7 Å². The second kappa shape index (κ2) is 8.17. The summed E-state index contributed by atoms with van der Waals surface area (Å²) >= 11 is 0. The molecule has 0 atom stereocenters. The van der Waals surface area contributed by atoms with Crippen LogP contribution in [-0.4, -0.2) is 30.1 Å². The fraction of sp³-hybridized carbons (Fsp3) is 0.350. The van der Waals surface area contributed by atoms with Gasteiger partial charge in [0.1, 0.15) is 11.6 Å². The molecule has 0 spiro atoms. The van der Waals surface area contributed by atoms with Crippen LogP contribution in [0.25, 0.3) is 0 Å². The average molecular weight is 361 g/mol. The standard InChI is InChI=1S/C20H21F2NO3/c1-2-25-18-5-3-4-6-19(18)26-13-20(24)23(16-9-10-16)12-14-7-8-15(21)11-17(14)22/h3-8,11,16H,2,9-10,12-13H2,1H3. The first-order chi connectivity index (χ1) is 12.6. The molecule has 0 aliphatic heterocycles. The predicted molar refractivity (Wildman–Crippen MR) is 93.0 cm³/mol. The number of ether oxygens (including phenoxy) is 2. The SMILES string of the molecule is CCOc1ccccc1OCC(=O)N(Cc1ccc(F)cc1F)C1CC1. The van der Waals surface area contributed by atoms with Crippen molar-refractivity contribution in [3.63, 3.8) is 0 Å². The van der Waals surface area contributed by atoms with Crippen LogP contribution in [0.1, 0.15) is 25.3 Å². The van der Waals surface area contributed by atoms with Crippen LogP contribution in [0, 0.1) is 11.6 Å². The Hall–Kier alpha value is -2.63. The lowest BCUT2D eigenvalue weighted by Gasteiger charge is -2.23. The lowest BCUT2D eigenvalue weighted by molar-refractivity contribution is -0.134. The molecule has 1 fully saturated rings. The van der Waals surface area contributed by atoms with E-state index < -0.39 is 11.6 Å². The highest BCUT2D eigenvalue weighted by molar-refractivity contribution is 5.78. The molecular formula is C20H21F2NO3. The maximum atomic E-state index is 13.9. The molecule has 3 rings (SSSR count). The van der Waals surface area contributed by atoms with Gasteiger partial charge in [0.25, 0.3) is 5.91 Å². The van der Waals surface area contributed by atoms with Crippen molar-refractivity contribution >= 4 is 5.91 Å². The van der Waals surface area contributed by atoms with Crippen LogP contribution in [0.5, 0.6) is 11.5 Å². The van der Waals surface area contributed by atoms with Crippen molar-refractivity contribution in [3.8, 4) is 11.5 Å². The van der Waals surface area contributed by atoms with E-state index in [1.807, 2.05) is 13.0 Å². The molecule has 1 amide bonds. The highest BCUT2D eigenvalue weighted by atomic mass is 19.1. The third-order valence-corrected chi connectivity index (χ3v) is 4.16. The van der Waals surface area contributed by atoms with E-state index in [2.05, 4.69) is 0 Å². The maximum Gasteiger partial charge on any atom is 0.261 e. The largest absolute Gasteiger partial charge is 0.490 e. The maximum absolute atomic E-state index is 13.9. The first-order valence-electron chi connectivity index (χ1n) is 8.66. The molecule has 0 unspecified atom stereocenters. The number of para-hydroxylation sites is 2. The number of carbonyl (C=O) groups is 1. The van der Waals surface area contributed by atoms with Crippen LogP contribution in [0.2, 0.25) is 0 Å². The van der Waals surface area contributed by atoms with Gasteiger partial charge in [0.05, 0.1) is 6.61 Å². The molecule has 4 nitrogen and oxygen atoms in total. The second-order valence-corrected chi connectivity index (χ2v) is 6.16. The van der Waals surface area contributed by atoms with Crippen LogP contribution in [0.15, 0.2) is 42.5 Å². The molecule has 0 heterocycles. The highest BCUT2D eigenvalue weighted by Crippen LogP contribution is 2.30. The van der Waals surface area contributed by atoms with Gasteiger partial charge in [0.15, 0.2) is 18.1 Å². The van der Waals surface area contributed by atoms with Gasteiger partial charge >= 0.3 is 0 Å². The van der Waals surface area contributed by atoms with E-state index >= 15 is 0 Å². The molecule has 0 radical (unpaired) electrons. The first-order valence-corrected chi connectivity index (χ1v) is 8.66. The summed E-state index contributed by atoms with van der Waals surface area (Å²) < 4.78 is 38.1. The summed E-state index contributed by atoms with van der Waals surface area (Å²) in [5, 5.41) is 0. The smallest absolute Gasteiger partial charge is 0.261 e. The highest BCUT2D eigenvalue weighted by Gasteiger charge is 2.33. The van der Waals surface area contributed by atoms with Gasteiger partial charge in [-0.25, -0.2) is 8.78 Å². The van der Waals surface area contributed by atoms with E-state index in [1.165, 1.54) is 12.1 Å². The van der Waals surface area contributed by atoms with Gasteiger partial charge in [-0.15, -0.1) is 0 Å². The van der Waals surface area contributed by atoms with Crippen molar-refractivity contribution in [2.75, 3.05) is 13.2 Å². The summed E-state index contributed by atoms with van der Waals surface area (Å²) in [5.41, 5.74) is 0.293. The fourth-order valence-electron chi connectivity index (χ4n) is 2.71. The Morgan fingerprint density at radius 3 is 2.42 bits per heavy atom. The number of rotatable bonds is 8. The molecule has 138 valence electrons. The molecule has 1 aliphatic rings. The summed E-state index contributed by atoms with van der Waals surface area (Å²) in [4.78, 5) is 14.2. The Labute approximate surface area is 151 Å². The minimum absolute atomic E-state index is 0.0812. The normalized spacial score (nSPS) is 13.3. The summed E-state index contributed by atoms with van der Waals surface area (Å²) in [6.45, 7) is 2.30. The molecule has 26 heavy (non-hydrogen) atoms. The van der Waals surface area contributed by atoms with Crippen LogP contribution in [-0.2, 0) is 11.3 Å². The van der Waals surface area contributed by atoms with Gasteiger partial charge in [-0.2, -0.15) is 0 Å². The van der Waals surface area contributed by atoms with E-state index in [-0.39, 0.29) is 25.1 Å². The molecule has 1 aliphatic carbocycles. The zero-order valence-corrected chi connectivity index (χ0v) is 14.6. The number of benzene rings is 2. The number of hydrogen-bond acceptors (Lipinski definition) is 3. The van der Waals surface area contributed by atoms with Crippen LogP contribution >= 0.6 is 0 Å². The van der Waals surface area contributed by atoms with E-state index in [0.717, 1.165) is 18.9 Å². The molecule has 6 heteroatoms. The molecule has 0 aromatic heterocycles. The number of hydrogen-bond donors (Lipinski definition) is 0. The summed E-state index contributed by atoms with van der Waals surface area (Å²) in [5.74, 6) is -0.447. The Morgan fingerprint density at radius 1 is 1.12 bits per heavy atom. The van der Waals surface area contributed by atoms with E-state index in [0.29, 0.717) is 23.7 Å². The number of amides is 1. The molecule has 0 saturated heterocycles. The summed E-state index contributed by atoms with van der Waals surface area (Å²) in [6, 6.07) is 10.6. The molecule has 1 saturated carbocycles. The third kappa shape index (κ3) is 4.50. The Bertz CT molecular complexity index is 777. The zero-order chi connectivity index (χ0) is 18.5. The van der Waals surface area contributed by atoms with E-state index in [1.54, 1.807) is 23.1 Å². The molecule has 2 aromatic rings. The topological polar surface area (TPSA) is 38.8 Å². The van der Waals surface area contributed by atoms with Gasteiger partial charge in [-0.05, 0) is 38.0 Å². The first kappa shape index (κ1) is 18.2. The zero-order valence-electron chi connectivity index (χ0n) is 14.6. The fourth-order valence-corrected chi connectivity index (χ4v) is 2.71. The van der Waals surface area contributed by atoms with Crippen molar-refractivity contribution in [1.29, 1.82) is 0 Å². The second-order valence-electron chi connectivity index (χ2n) is 6.16. The van der Waals surface area contributed by atoms with E-state index in [4.69, 9.17) is 9.47 Å². The number of carbonyl (C=O) groups excluding carboxylic acids is 1. The molecule has 2 aromatic carbocycles. The third-order valence-electron chi connectivity index (χ3n) is 4.16. The van der Waals surface area contributed by atoms with Crippen molar-refractivity contribution in [2.45, 2.75) is 32.4 Å². The molecule has 0 N–H and O–H groups in total. The lowest BCUT2D eigenvalue weighted by Crippen LogP contribution is -2.36. The average Bonchev–Trinajstić information content (AvgIpc) is 3.45.